The summed E-state index contributed by atoms with van der Waals surface area (Å²) in [6, 6.07) is 4.10. The van der Waals surface area contributed by atoms with E-state index in [1.54, 1.807) is 0 Å². The first kappa shape index (κ1) is 13.7. The third-order valence-corrected chi connectivity index (χ3v) is 2.98. The second kappa shape index (κ2) is 5.53. The number of pyridine rings is 1. The molecule has 4 nitrogen and oxygen atoms in total. The lowest BCUT2D eigenvalue weighted by atomic mass is 10.1. The molecule has 0 spiro atoms. The van der Waals surface area contributed by atoms with Crippen LogP contribution in [-0.2, 0) is 18.6 Å². The third kappa shape index (κ3) is 3.89. The van der Waals surface area contributed by atoms with Gasteiger partial charge in [-0.15, -0.1) is 0 Å². The van der Waals surface area contributed by atoms with Gasteiger partial charge in [-0.3, -0.25) is 14.6 Å². The van der Waals surface area contributed by atoms with Gasteiger partial charge in [0, 0.05) is 37.2 Å². The first-order chi connectivity index (χ1) is 8.95. The topological polar surface area (TPSA) is 34.0 Å². The molecule has 0 bridgehead atoms. The van der Waals surface area contributed by atoms with Crippen molar-refractivity contribution < 1.29 is 0 Å². The van der Waals surface area contributed by atoms with Crippen LogP contribution in [0.1, 0.15) is 31.9 Å². The molecule has 0 aliphatic carbocycles. The van der Waals surface area contributed by atoms with E-state index in [0.717, 1.165) is 13.1 Å². The van der Waals surface area contributed by atoms with E-state index in [1.807, 2.05) is 23.3 Å². The minimum atomic E-state index is 0.0436. The third-order valence-electron chi connectivity index (χ3n) is 2.98. The van der Waals surface area contributed by atoms with Gasteiger partial charge in [-0.1, -0.05) is 0 Å². The summed E-state index contributed by atoms with van der Waals surface area (Å²) in [5, 5.41) is 4.43. The second-order valence-electron chi connectivity index (χ2n) is 5.99. The Balaban J connectivity index is 1.96. The Kier molecular flexibility index (Phi) is 4.00. The van der Waals surface area contributed by atoms with Gasteiger partial charge >= 0.3 is 0 Å². The van der Waals surface area contributed by atoms with Gasteiger partial charge in [-0.25, -0.2) is 0 Å². The molecule has 19 heavy (non-hydrogen) atoms. The van der Waals surface area contributed by atoms with Crippen molar-refractivity contribution in [2.45, 2.75) is 39.4 Å². The molecule has 0 atom stereocenters. The van der Waals surface area contributed by atoms with E-state index in [9.17, 15) is 0 Å². The van der Waals surface area contributed by atoms with Crippen LogP contribution in [-0.4, -0.2) is 26.7 Å². The fourth-order valence-corrected chi connectivity index (χ4v) is 1.98. The van der Waals surface area contributed by atoms with Crippen LogP contribution < -0.4 is 0 Å². The smallest absolute Gasteiger partial charge is 0.0543 e. The summed E-state index contributed by atoms with van der Waals surface area (Å²) in [6.07, 6.45) is 7.75. The summed E-state index contributed by atoms with van der Waals surface area (Å²) < 4.78 is 2.02. The zero-order valence-electron chi connectivity index (χ0n) is 12.2. The molecule has 0 aliphatic heterocycles. The van der Waals surface area contributed by atoms with E-state index < -0.39 is 0 Å². The minimum absolute atomic E-state index is 0.0436. The van der Waals surface area contributed by atoms with E-state index in [2.05, 4.69) is 61.1 Å². The molecular weight excluding hydrogens is 236 g/mol. The van der Waals surface area contributed by atoms with Crippen molar-refractivity contribution in [3.8, 4) is 0 Å². The average molecular weight is 258 g/mol. The summed E-state index contributed by atoms with van der Waals surface area (Å²) in [6.45, 7) is 8.29. The van der Waals surface area contributed by atoms with Crippen molar-refractivity contribution in [1.29, 1.82) is 0 Å². The zero-order valence-corrected chi connectivity index (χ0v) is 12.2. The Labute approximate surface area is 115 Å². The molecule has 0 unspecified atom stereocenters. The summed E-state index contributed by atoms with van der Waals surface area (Å²) >= 11 is 0. The molecule has 4 heteroatoms. The molecule has 2 rings (SSSR count). The molecule has 2 heterocycles. The van der Waals surface area contributed by atoms with Crippen LogP contribution in [0.4, 0.5) is 0 Å². The fraction of sp³-hybridized carbons (Fsp3) is 0.467. The van der Waals surface area contributed by atoms with Gasteiger partial charge < -0.3 is 0 Å². The van der Waals surface area contributed by atoms with Gasteiger partial charge in [0.25, 0.3) is 0 Å². The minimum Gasteiger partial charge on any atom is -0.298 e. The van der Waals surface area contributed by atoms with Crippen LogP contribution in [0.25, 0.3) is 0 Å². The van der Waals surface area contributed by atoms with Gasteiger partial charge in [0.1, 0.15) is 0 Å². The number of rotatable bonds is 4. The monoisotopic (exact) mass is 258 g/mol. The predicted molar refractivity (Wildman–Crippen MR) is 76.6 cm³/mol. The van der Waals surface area contributed by atoms with E-state index >= 15 is 0 Å². The molecule has 2 aromatic rings. The van der Waals surface area contributed by atoms with Crippen molar-refractivity contribution in [3.05, 3.63) is 48.0 Å². The summed E-state index contributed by atoms with van der Waals surface area (Å²) in [7, 11) is 2.12. The van der Waals surface area contributed by atoms with Crippen molar-refractivity contribution >= 4 is 0 Å². The van der Waals surface area contributed by atoms with Crippen molar-refractivity contribution in [1.82, 2.24) is 19.7 Å². The van der Waals surface area contributed by atoms with Gasteiger partial charge in [0.05, 0.1) is 11.7 Å². The summed E-state index contributed by atoms with van der Waals surface area (Å²) in [5.41, 5.74) is 2.56. The fourth-order valence-electron chi connectivity index (χ4n) is 1.98. The number of hydrogen-bond donors (Lipinski definition) is 0. The first-order valence-electron chi connectivity index (χ1n) is 6.56. The maximum atomic E-state index is 4.43. The van der Waals surface area contributed by atoms with E-state index in [-0.39, 0.29) is 5.54 Å². The molecule has 0 saturated carbocycles. The Morgan fingerprint density at radius 3 is 2.32 bits per heavy atom. The molecule has 2 aromatic heterocycles. The highest BCUT2D eigenvalue weighted by atomic mass is 15.3. The van der Waals surface area contributed by atoms with Gasteiger partial charge in [-0.05, 0) is 45.5 Å². The molecule has 0 saturated heterocycles. The van der Waals surface area contributed by atoms with Crippen LogP contribution in [0.5, 0.6) is 0 Å². The first-order valence-corrected chi connectivity index (χ1v) is 6.56. The van der Waals surface area contributed by atoms with E-state index in [4.69, 9.17) is 0 Å². The summed E-state index contributed by atoms with van der Waals surface area (Å²) in [4.78, 5) is 6.31. The Morgan fingerprint density at radius 2 is 1.74 bits per heavy atom. The largest absolute Gasteiger partial charge is 0.298 e. The van der Waals surface area contributed by atoms with Crippen molar-refractivity contribution in [2.24, 2.45) is 0 Å². The molecule has 0 aromatic carbocycles. The Hall–Kier alpha value is -1.68. The number of aromatic nitrogens is 3. The van der Waals surface area contributed by atoms with E-state index in [1.165, 1.54) is 11.1 Å². The molecule has 0 aliphatic rings. The number of nitrogens with zero attached hydrogens (tertiary/aromatic N) is 4. The van der Waals surface area contributed by atoms with Crippen LogP contribution in [0, 0.1) is 0 Å². The summed E-state index contributed by atoms with van der Waals surface area (Å²) in [5.74, 6) is 0. The lowest BCUT2D eigenvalue weighted by molar-refractivity contribution is 0.317. The van der Waals surface area contributed by atoms with Gasteiger partial charge in [-0.2, -0.15) is 5.10 Å². The quantitative estimate of drug-likeness (QED) is 0.845. The highest BCUT2D eigenvalue weighted by molar-refractivity contribution is 5.10. The maximum Gasteiger partial charge on any atom is 0.0543 e. The molecule has 0 amide bonds. The van der Waals surface area contributed by atoms with Crippen molar-refractivity contribution in [3.63, 3.8) is 0 Å². The Morgan fingerprint density at radius 1 is 1.11 bits per heavy atom. The predicted octanol–water partition coefficient (Wildman–Crippen LogP) is 2.67. The van der Waals surface area contributed by atoms with Crippen molar-refractivity contribution in [2.75, 3.05) is 7.05 Å². The van der Waals surface area contributed by atoms with E-state index in [0.29, 0.717) is 0 Å². The van der Waals surface area contributed by atoms with Crippen LogP contribution in [0.3, 0.4) is 0 Å². The number of hydrogen-bond acceptors (Lipinski definition) is 3. The molecular formula is C15H22N4. The van der Waals surface area contributed by atoms with Crippen LogP contribution in [0.2, 0.25) is 0 Å². The zero-order chi connectivity index (χ0) is 13.9. The molecule has 0 N–H and O–H groups in total. The molecule has 102 valence electrons. The highest BCUT2D eigenvalue weighted by Gasteiger charge is 2.14. The lowest BCUT2D eigenvalue weighted by Gasteiger charge is -2.19. The normalized spacial score (nSPS) is 12.1. The second-order valence-corrected chi connectivity index (χ2v) is 5.99. The van der Waals surface area contributed by atoms with Gasteiger partial charge in [0.15, 0.2) is 0 Å². The average Bonchev–Trinajstić information content (AvgIpc) is 2.78. The Bertz CT molecular complexity index is 510. The molecule has 0 fully saturated rings. The van der Waals surface area contributed by atoms with Crippen LogP contribution in [0.15, 0.2) is 36.9 Å². The standard InChI is InChI=1S/C15H22N4/c1-15(2,3)19-12-14(9-17-19)11-18(4)10-13-5-7-16-8-6-13/h5-9,12H,10-11H2,1-4H3. The molecule has 0 radical (unpaired) electrons. The van der Waals surface area contributed by atoms with Crippen LogP contribution >= 0.6 is 0 Å². The lowest BCUT2D eigenvalue weighted by Crippen LogP contribution is -2.22. The maximum absolute atomic E-state index is 4.43. The van der Waals surface area contributed by atoms with Gasteiger partial charge in [0.2, 0.25) is 0 Å². The highest BCUT2D eigenvalue weighted by Crippen LogP contribution is 2.14. The SMILES string of the molecule is CN(Cc1ccncc1)Cc1cnn(C(C)(C)C)c1.